The van der Waals surface area contributed by atoms with Gasteiger partial charge in [-0.15, -0.1) is 11.6 Å². The van der Waals surface area contributed by atoms with Crippen molar-refractivity contribution in [2.75, 3.05) is 0 Å². The Labute approximate surface area is 106 Å². The molecule has 0 aliphatic heterocycles. The highest BCUT2D eigenvalue weighted by Crippen LogP contribution is 2.27. The number of hydrogen-bond acceptors (Lipinski definition) is 0. The Bertz CT molecular complexity index is 491. The molecule has 0 aliphatic rings. The van der Waals surface area contributed by atoms with Gasteiger partial charge < -0.3 is 0 Å². The van der Waals surface area contributed by atoms with E-state index in [4.69, 9.17) is 11.6 Å². The van der Waals surface area contributed by atoms with E-state index >= 15 is 0 Å². The summed E-state index contributed by atoms with van der Waals surface area (Å²) in [4.78, 5) is 0. The molecule has 0 fully saturated rings. The van der Waals surface area contributed by atoms with Crippen LogP contribution in [0.5, 0.6) is 0 Å². The van der Waals surface area contributed by atoms with Crippen LogP contribution < -0.4 is 0 Å². The molecule has 2 aromatic carbocycles. The van der Waals surface area contributed by atoms with E-state index in [9.17, 15) is 4.39 Å². The predicted molar refractivity (Wildman–Crippen MR) is 70.7 cm³/mol. The molecule has 0 radical (unpaired) electrons. The molecule has 0 aliphatic carbocycles. The molecular weight excluding hydrogens is 235 g/mol. The molecule has 0 saturated heterocycles. The minimum Gasteiger partial charge on any atom is -0.206 e. The van der Waals surface area contributed by atoms with Crippen molar-refractivity contribution in [3.05, 3.63) is 59.9 Å². The van der Waals surface area contributed by atoms with Crippen LogP contribution in [-0.4, -0.2) is 0 Å². The lowest BCUT2D eigenvalue weighted by Gasteiger charge is -2.08. The van der Waals surface area contributed by atoms with Gasteiger partial charge in [0, 0.05) is 5.56 Å². The average molecular weight is 249 g/mol. The summed E-state index contributed by atoms with van der Waals surface area (Å²) in [6, 6.07) is 14.5. The molecular formula is C15H14ClF. The van der Waals surface area contributed by atoms with Crippen molar-refractivity contribution >= 4 is 11.6 Å². The van der Waals surface area contributed by atoms with Crippen LogP contribution in [0.15, 0.2) is 48.5 Å². The van der Waals surface area contributed by atoms with Gasteiger partial charge in [0.25, 0.3) is 0 Å². The Kier molecular flexibility index (Phi) is 3.80. The molecule has 88 valence electrons. The first-order chi connectivity index (χ1) is 8.22. The molecule has 0 spiro atoms. The van der Waals surface area contributed by atoms with Crippen molar-refractivity contribution in [3.63, 3.8) is 0 Å². The molecule has 0 saturated carbocycles. The Hall–Kier alpha value is -1.34. The van der Waals surface area contributed by atoms with Gasteiger partial charge in [-0.25, -0.2) is 4.39 Å². The summed E-state index contributed by atoms with van der Waals surface area (Å²) < 4.78 is 13.6. The number of hydrogen-bond donors (Lipinski definition) is 0. The highest BCUT2D eigenvalue weighted by Gasteiger charge is 2.07. The van der Waals surface area contributed by atoms with Gasteiger partial charge in [0.05, 0.1) is 5.38 Å². The maximum atomic E-state index is 13.6. The third-order valence-electron chi connectivity index (χ3n) is 2.82. The second-order valence-corrected chi connectivity index (χ2v) is 4.50. The number of halogens is 2. The van der Waals surface area contributed by atoms with Gasteiger partial charge in [-0.1, -0.05) is 49.4 Å². The van der Waals surface area contributed by atoms with E-state index in [0.29, 0.717) is 5.56 Å². The zero-order valence-electron chi connectivity index (χ0n) is 9.66. The summed E-state index contributed by atoms with van der Waals surface area (Å²) in [6.45, 7) is 2.04. The maximum Gasteiger partial charge on any atom is 0.131 e. The van der Waals surface area contributed by atoms with Crippen LogP contribution in [0.1, 0.15) is 24.3 Å². The van der Waals surface area contributed by atoms with E-state index in [1.54, 1.807) is 12.1 Å². The molecule has 0 N–H and O–H groups in total. The van der Waals surface area contributed by atoms with Gasteiger partial charge in [0.2, 0.25) is 0 Å². The Morgan fingerprint density at radius 1 is 1.06 bits per heavy atom. The summed E-state index contributed by atoms with van der Waals surface area (Å²) in [5.74, 6) is -0.196. The minimum atomic E-state index is -0.196. The van der Waals surface area contributed by atoms with E-state index in [1.165, 1.54) is 6.07 Å². The first-order valence-electron chi connectivity index (χ1n) is 5.71. The Morgan fingerprint density at radius 2 is 1.71 bits per heavy atom. The summed E-state index contributed by atoms with van der Waals surface area (Å²) in [5.41, 5.74) is 2.59. The van der Waals surface area contributed by atoms with Gasteiger partial charge in [0.1, 0.15) is 5.82 Å². The van der Waals surface area contributed by atoms with Gasteiger partial charge in [-0.2, -0.15) is 0 Å². The molecule has 1 atom stereocenters. The summed E-state index contributed by atoms with van der Waals surface area (Å²) in [5, 5.41) is 0.0321. The zero-order chi connectivity index (χ0) is 12.3. The van der Waals surface area contributed by atoms with Crippen molar-refractivity contribution in [3.8, 4) is 11.1 Å². The molecule has 0 bridgehead atoms. The molecule has 2 heteroatoms. The van der Waals surface area contributed by atoms with Crippen LogP contribution in [-0.2, 0) is 0 Å². The van der Waals surface area contributed by atoms with E-state index < -0.39 is 0 Å². The zero-order valence-corrected chi connectivity index (χ0v) is 10.4. The van der Waals surface area contributed by atoms with E-state index in [-0.39, 0.29) is 11.2 Å². The molecule has 1 unspecified atom stereocenters. The lowest BCUT2D eigenvalue weighted by Crippen LogP contribution is -1.89. The van der Waals surface area contributed by atoms with Crippen molar-refractivity contribution in [2.24, 2.45) is 0 Å². The van der Waals surface area contributed by atoms with Gasteiger partial charge in [-0.3, -0.25) is 0 Å². The van der Waals surface area contributed by atoms with Gasteiger partial charge in [0.15, 0.2) is 0 Å². The topological polar surface area (TPSA) is 0 Å². The molecule has 2 rings (SSSR count). The molecule has 0 nitrogen and oxygen atoms in total. The van der Waals surface area contributed by atoms with Crippen molar-refractivity contribution in [1.29, 1.82) is 0 Å². The van der Waals surface area contributed by atoms with Crippen LogP contribution in [0.3, 0.4) is 0 Å². The van der Waals surface area contributed by atoms with Crippen molar-refractivity contribution < 1.29 is 4.39 Å². The lowest BCUT2D eigenvalue weighted by atomic mass is 10.0. The maximum absolute atomic E-state index is 13.6. The fraction of sp³-hybridized carbons (Fsp3) is 0.200. The quantitative estimate of drug-likeness (QED) is 0.657. The van der Waals surface area contributed by atoms with E-state index in [2.05, 4.69) is 0 Å². The molecule has 0 aromatic heterocycles. The minimum absolute atomic E-state index is 0.0321. The molecule has 0 heterocycles. The fourth-order valence-corrected chi connectivity index (χ4v) is 1.95. The van der Waals surface area contributed by atoms with Crippen LogP contribution in [0.4, 0.5) is 4.39 Å². The third kappa shape index (κ3) is 2.67. The van der Waals surface area contributed by atoms with Crippen LogP contribution in [0, 0.1) is 5.82 Å². The second-order valence-electron chi connectivity index (χ2n) is 3.98. The fourth-order valence-electron chi connectivity index (χ4n) is 1.80. The molecule has 0 amide bonds. The average Bonchev–Trinajstić information content (AvgIpc) is 2.39. The van der Waals surface area contributed by atoms with Crippen LogP contribution >= 0.6 is 11.6 Å². The number of rotatable bonds is 3. The van der Waals surface area contributed by atoms with Gasteiger partial charge >= 0.3 is 0 Å². The predicted octanol–water partition coefficient (Wildman–Crippen LogP) is 5.18. The largest absolute Gasteiger partial charge is 0.206 e. The first kappa shape index (κ1) is 12.1. The van der Waals surface area contributed by atoms with Crippen molar-refractivity contribution in [1.82, 2.24) is 0 Å². The molecule has 17 heavy (non-hydrogen) atoms. The first-order valence-corrected chi connectivity index (χ1v) is 6.15. The smallest absolute Gasteiger partial charge is 0.131 e. The highest BCUT2D eigenvalue weighted by atomic mass is 35.5. The summed E-state index contributed by atoms with van der Waals surface area (Å²) in [7, 11) is 0. The lowest BCUT2D eigenvalue weighted by molar-refractivity contribution is 0.631. The van der Waals surface area contributed by atoms with Crippen LogP contribution in [0.25, 0.3) is 11.1 Å². The van der Waals surface area contributed by atoms with E-state index in [0.717, 1.165) is 17.5 Å². The summed E-state index contributed by atoms with van der Waals surface area (Å²) in [6.07, 6.45) is 0.889. The normalized spacial score (nSPS) is 12.4. The number of alkyl halides is 1. The number of benzene rings is 2. The second kappa shape index (κ2) is 5.33. The van der Waals surface area contributed by atoms with Crippen LogP contribution in [0.2, 0.25) is 0 Å². The highest BCUT2D eigenvalue weighted by molar-refractivity contribution is 6.20. The molecule has 2 aromatic rings. The van der Waals surface area contributed by atoms with Gasteiger partial charge in [-0.05, 0) is 23.6 Å². The Morgan fingerprint density at radius 3 is 2.29 bits per heavy atom. The third-order valence-corrected chi connectivity index (χ3v) is 3.38. The van der Waals surface area contributed by atoms with Crippen molar-refractivity contribution in [2.45, 2.75) is 18.7 Å². The summed E-state index contributed by atoms with van der Waals surface area (Å²) >= 11 is 6.15. The monoisotopic (exact) mass is 248 g/mol. The standard InChI is InChI=1S/C15H14ClF/c1-2-14(16)12-9-7-11(8-10-12)13-5-3-4-6-15(13)17/h3-10,14H,2H2,1H3. The van der Waals surface area contributed by atoms with E-state index in [1.807, 2.05) is 37.3 Å². The SMILES string of the molecule is CCC(Cl)c1ccc(-c2ccccc2F)cc1. The Balaban J connectivity index is 2.33.